The maximum Gasteiger partial charge on any atom is 0.292 e. The van der Waals surface area contributed by atoms with E-state index in [2.05, 4.69) is 10.2 Å². The predicted molar refractivity (Wildman–Crippen MR) is 78.0 cm³/mol. The van der Waals surface area contributed by atoms with Crippen molar-refractivity contribution in [3.63, 3.8) is 0 Å². The molecule has 6 heteroatoms. The van der Waals surface area contributed by atoms with Crippen molar-refractivity contribution >= 4 is 11.4 Å². The lowest BCUT2D eigenvalue weighted by molar-refractivity contribution is -0.384. The highest BCUT2D eigenvalue weighted by molar-refractivity contribution is 5.66. The molecule has 1 N–H and O–H groups in total. The molecule has 1 fully saturated rings. The van der Waals surface area contributed by atoms with Crippen LogP contribution in [-0.2, 0) is 11.3 Å². The Balaban J connectivity index is 2.18. The second kappa shape index (κ2) is 6.67. The summed E-state index contributed by atoms with van der Waals surface area (Å²) in [5.41, 5.74) is 1.76. The molecule has 1 heterocycles. The fraction of sp³-hybridized carbons (Fsp3) is 0.571. The van der Waals surface area contributed by atoms with E-state index in [1.807, 2.05) is 13.0 Å². The van der Waals surface area contributed by atoms with E-state index in [0.717, 1.165) is 25.1 Å². The van der Waals surface area contributed by atoms with Gasteiger partial charge < -0.3 is 10.1 Å². The molecular weight excluding hydrogens is 258 g/mol. The lowest BCUT2D eigenvalue weighted by Gasteiger charge is -2.18. The second-order valence-electron chi connectivity index (χ2n) is 4.98. The Kier molecular flexibility index (Phi) is 4.92. The largest absolute Gasteiger partial charge is 0.380 e. The highest BCUT2D eigenvalue weighted by atomic mass is 16.6. The van der Waals surface area contributed by atoms with Crippen molar-refractivity contribution in [3.05, 3.63) is 33.9 Å². The summed E-state index contributed by atoms with van der Waals surface area (Å²) in [5.74, 6) is 0. The Hall–Kier alpha value is -1.66. The van der Waals surface area contributed by atoms with Crippen molar-refractivity contribution in [3.8, 4) is 0 Å². The molecule has 6 nitrogen and oxygen atoms in total. The summed E-state index contributed by atoms with van der Waals surface area (Å²) in [7, 11) is 1.73. The average Bonchev–Trinajstić information content (AvgIpc) is 2.88. The quantitative estimate of drug-likeness (QED) is 0.639. The molecule has 1 aromatic rings. The number of methoxy groups -OCH3 is 1. The molecule has 1 atom stereocenters. The molecule has 2 rings (SSSR count). The lowest BCUT2D eigenvalue weighted by Crippen LogP contribution is -2.23. The number of ether oxygens (including phenoxy) is 1. The number of rotatable bonds is 6. The predicted octanol–water partition coefficient (Wildman–Crippen LogP) is 2.25. The Bertz CT molecular complexity index is 479. The van der Waals surface area contributed by atoms with E-state index < -0.39 is 0 Å². The SMILES string of the molecule is CCNc1c(CN2CCC(OC)C2)cccc1[N+](=O)[O-]. The lowest BCUT2D eigenvalue weighted by atomic mass is 10.1. The summed E-state index contributed by atoms with van der Waals surface area (Å²) in [6, 6.07) is 5.24. The first-order valence-corrected chi connectivity index (χ1v) is 6.91. The summed E-state index contributed by atoms with van der Waals surface area (Å²) in [4.78, 5) is 13.1. The molecule has 1 unspecified atom stereocenters. The Morgan fingerprint density at radius 2 is 2.35 bits per heavy atom. The smallest absolute Gasteiger partial charge is 0.292 e. The summed E-state index contributed by atoms with van der Waals surface area (Å²) >= 11 is 0. The zero-order valence-electron chi connectivity index (χ0n) is 12.0. The van der Waals surface area contributed by atoms with E-state index in [1.54, 1.807) is 19.2 Å². The van der Waals surface area contributed by atoms with Crippen molar-refractivity contribution < 1.29 is 9.66 Å². The summed E-state index contributed by atoms with van der Waals surface area (Å²) in [6.45, 7) is 5.16. The number of anilines is 1. The van der Waals surface area contributed by atoms with Gasteiger partial charge in [0.05, 0.1) is 11.0 Å². The molecule has 1 aromatic carbocycles. The van der Waals surface area contributed by atoms with Crippen LogP contribution >= 0.6 is 0 Å². The molecular formula is C14H21N3O3. The maximum absolute atomic E-state index is 11.1. The van der Waals surface area contributed by atoms with Gasteiger partial charge >= 0.3 is 0 Å². The minimum atomic E-state index is -0.330. The van der Waals surface area contributed by atoms with Crippen molar-refractivity contribution in [1.82, 2.24) is 4.90 Å². The van der Waals surface area contributed by atoms with Gasteiger partial charge in [0.1, 0.15) is 5.69 Å². The van der Waals surface area contributed by atoms with Crippen LogP contribution in [0.15, 0.2) is 18.2 Å². The molecule has 1 saturated heterocycles. The summed E-state index contributed by atoms with van der Waals surface area (Å²) in [6.07, 6.45) is 1.29. The first-order chi connectivity index (χ1) is 9.65. The molecule has 1 aliphatic heterocycles. The number of benzene rings is 1. The van der Waals surface area contributed by atoms with Gasteiger partial charge in [-0.15, -0.1) is 0 Å². The topological polar surface area (TPSA) is 67.6 Å². The minimum absolute atomic E-state index is 0.145. The van der Waals surface area contributed by atoms with Crippen LogP contribution in [0.25, 0.3) is 0 Å². The molecule has 20 heavy (non-hydrogen) atoms. The van der Waals surface area contributed by atoms with Crippen LogP contribution in [0.5, 0.6) is 0 Å². The molecule has 0 spiro atoms. The van der Waals surface area contributed by atoms with Gasteiger partial charge in [0.25, 0.3) is 5.69 Å². The summed E-state index contributed by atoms with van der Waals surface area (Å²) < 4.78 is 5.35. The van der Waals surface area contributed by atoms with Gasteiger partial charge in [0.15, 0.2) is 0 Å². The van der Waals surface area contributed by atoms with Gasteiger partial charge in [0.2, 0.25) is 0 Å². The van der Waals surface area contributed by atoms with Gasteiger partial charge in [-0.2, -0.15) is 0 Å². The summed E-state index contributed by atoms with van der Waals surface area (Å²) in [5, 5.41) is 14.2. The molecule has 0 bridgehead atoms. The average molecular weight is 279 g/mol. The third-order valence-electron chi connectivity index (χ3n) is 3.64. The first-order valence-electron chi connectivity index (χ1n) is 6.91. The number of hydrogen-bond acceptors (Lipinski definition) is 5. The van der Waals surface area contributed by atoms with Crippen LogP contribution in [0.1, 0.15) is 18.9 Å². The van der Waals surface area contributed by atoms with E-state index in [4.69, 9.17) is 4.74 Å². The van der Waals surface area contributed by atoms with Gasteiger partial charge in [-0.05, 0) is 18.9 Å². The number of hydrogen-bond donors (Lipinski definition) is 1. The number of nitro benzene ring substituents is 1. The van der Waals surface area contributed by atoms with E-state index >= 15 is 0 Å². The fourth-order valence-corrected chi connectivity index (χ4v) is 2.63. The van der Waals surface area contributed by atoms with Crippen LogP contribution in [0.4, 0.5) is 11.4 Å². The van der Waals surface area contributed by atoms with Crippen molar-refractivity contribution in [2.24, 2.45) is 0 Å². The third kappa shape index (κ3) is 3.26. The fourth-order valence-electron chi connectivity index (χ4n) is 2.63. The molecule has 0 radical (unpaired) electrons. The van der Waals surface area contributed by atoms with Crippen LogP contribution in [0.2, 0.25) is 0 Å². The molecule has 0 saturated carbocycles. The van der Waals surface area contributed by atoms with E-state index in [0.29, 0.717) is 18.8 Å². The zero-order chi connectivity index (χ0) is 14.5. The van der Waals surface area contributed by atoms with E-state index in [-0.39, 0.29) is 16.7 Å². The Morgan fingerprint density at radius 3 is 2.95 bits per heavy atom. The van der Waals surface area contributed by atoms with Crippen LogP contribution in [-0.4, -0.2) is 42.7 Å². The highest BCUT2D eigenvalue weighted by Gasteiger charge is 2.24. The van der Waals surface area contributed by atoms with E-state index in [1.165, 1.54) is 0 Å². The third-order valence-corrected chi connectivity index (χ3v) is 3.64. The van der Waals surface area contributed by atoms with E-state index in [9.17, 15) is 10.1 Å². The van der Waals surface area contributed by atoms with Crippen LogP contribution in [0, 0.1) is 10.1 Å². The van der Waals surface area contributed by atoms with Gasteiger partial charge in [0, 0.05) is 39.4 Å². The molecule has 0 aliphatic carbocycles. The van der Waals surface area contributed by atoms with Gasteiger partial charge in [-0.1, -0.05) is 12.1 Å². The monoisotopic (exact) mass is 279 g/mol. The second-order valence-corrected chi connectivity index (χ2v) is 4.98. The maximum atomic E-state index is 11.1. The zero-order valence-corrected chi connectivity index (χ0v) is 12.0. The van der Waals surface area contributed by atoms with Crippen LogP contribution in [0.3, 0.4) is 0 Å². The normalized spacial score (nSPS) is 19.2. The van der Waals surface area contributed by atoms with Crippen molar-refractivity contribution in [2.45, 2.75) is 26.0 Å². The number of nitrogens with zero attached hydrogens (tertiary/aromatic N) is 2. The van der Waals surface area contributed by atoms with Crippen molar-refractivity contribution in [2.75, 3.05) is 32.1 Å². The number of para-hydroxylation sites is 1. The van der Waals surface area contributed by atoms with Gasteiger partial charge in [-0.3, -0.25) is 15.0 Å². The molecule has 110 valence electrons. The van der Waals surface area contributed by atoms with Crippen LogP contribution < -0.4 is 5.32 Å². The molecule has 1 aliphatic rings. The van der Waals surface area contributed by atoms with Gasteiger partial charge in [-0.25, -0.2) is 0 Å². The molecule has 0 amide bonds. The first kappa shape index (κ1) is 14.7. The Morgan fingerprint density at radius 1 is 1.55 bits per heavy atom. The Labute approximate surface area is 118 Å². The molecule has 0 aromatic heterocycles. The number of nitro groups is 1. The van der Waals surface area contributed by atoms with Crippen molar-refractivity contribution in [1.29, 1.82) is 0 Å². The number of likely N-dealkylation sites (tertiary alicyclic amines) is 1. The standard InChI is InChI=1S/C14H21N3O3/c1-3-15-14-11(5-4-6-13(14)17(18)19)9-16-8-7-12(10-16)20-2/h4-6,12,15H,3,7-10H2,1-2H3. The minimum Gasteiger partial charge on any atom is -0.380 e. The number of nitrogens with one attached hydrogen (secondary N) is 1. The highest BCUT2D eigenvalue weighted by Crippen LogP contribution is 2.30.